The van der Waals surface area contributed by atoms with Crippen LogP contribution in [0, 0.1) is 5.82 Å². The number of pyridine rings is 1. The van der Waals surface area contributed by atoms with Crippen molar-refractivity contribution in [2.75, 3.05) is 43.4 Å². The minimum Gasteiger partial charge on any atom is -0.476 e. The number of anilines is 2. The summed E-state index contributed by atoms with van der Waals surface area (Å²) >= 11 is 6.66. The van der Waals surface area contributed by atoms with Gasteiger partial charge in [-0.05, 0) is 80.3 Å². The number of nitrogen functional groups attached to an aromatic ring is 1. The van der Waals surface area contributed by atoms with Crippen molar-refractivity contribution in [2.24, 2.45) is 0 Å². The fourth-order valence-electron chi connectivity index (χ4n) is 8.05. The second-order valence-corrected chi connectivity index (χ2v) is 13.4. The Labute approximate surface area is 244 Å². The van der Waals surface area contributed by atoms with Crippen LogP contribution in [0.1, 0.15) is 56.4 Å². The second-order valence-electron chi connectivity index (χ2n) is 13.0. The average Bonchev–Trinajstić information content (AvgIpc) is 3.52. The zero-order chi connectivity index (χ0) is 27.9. The number of piperazine rings is 1. The third-order valence-corrected chi connectivity index (χ3v) is 10.4. The lowest BCUT2D eigenvalue weighted by molar-refractivity contribution is 0.111. The van der Waals surface area contributed by atoms with E-state index >= 15 is 4.39 Å². The molecule has 6 nitrogen and oxygen atoms in total. The fourth-order valence-corrected chi connectivity index (χ4v) is 8.43. The molecule has 0 amide bonds. The largest absolute Gasteiger partial charge is 0.476 e. The van der Waals surface area contributed by atoms with Gasteiger partial charge in [0, 0.05) is 71.3 Å². The summed E-state index contributed by atoms with van der Waals surface area (Å²) in [5, 5.41) is 5.52. The van der Waals surface area contributed by atoms with Gasteiger partial charge < -0.3 is 20.7 Å². The van der Waals surface area contributed by atoms with Crippen LogP contribution in [0.25, 0.3) is 21.9 Å². The number of fused-ring (bicyclic) bond motifs is 4. The number of nitrogens with zero attached hydrogens (tertiary/aromatic N) is 3. The highest BCUT2D eigenvalue weighted by Gasteiger charge is 2.49. The number of hydrogen-bond donors (Lipinski definition) is 2. The molecule has 5 heterocycles. The van der Waals surface area contributed by atoms with Gasteiger partial charge in [-0.15, -0.1) is 0 Å². The van der Waals surface area contributed by atoms with Crippen LogP contribution in [-0.2, 0) is 0 Å². The minimum atomic E-state index is -0.832. The lowest BCUT2D eigenvalue weighted by Gasteiger charge is -2.35. The quantitative estimate of drug-likeness (QED) is 0.347. The van der Waals surface area contributed by atoms with Gasteiger partial charge in [0.2, 0.25) is 5.88 Å². The molecule has 8 rings (SSSR count). The molecule has 216 valence electrons. The number of aromatic nitrogens is 1. The smallest absolute Gasteiger partial charge is 0.215 e. The van der Waals surface area contributed by atoms with Crippen molar-refractivity contribution >= 4 is 33.9 Å². The summed E-state index contributed by atoms with van der Waals surface area (Å²) in [6.45, 7) is 3.37. The molecule has 3 aromatic rings. The van der Waals surface area contributed by atoms with Crippen LogP contribution < -0.4 is 20.7 Å². The standard InChI is InChI=1S/C32H36ClF2N5O/c33-27-11-20(36)10-25(29(27)18-2-3-18)23-6-7-24-26(30(23)35)12-28(38-31(24)39-15-21-4-5-22(16-39)37-21)41-17-32-8-1-9-40(32)14-19(34)13-32/h6-7,10-12,18-19,21-22,37H,1-5,8-9,13-17,36H2/t19-,21-,22+,32+/m1/s1. The summed E-state index contributed by atoms with van der Waals surface area (Å²) < 4.78 is 37.5. The molecule has 1 aliphatic carbocycles. The highest BCUT2D eigenvalue weighted by molar-refractivity contribution is 6.32. The van der Waals surface area contributed by atoms with Gasteiger partial charge in [-0.2, -0.15) is 4.98 Å². The molecule has 2 aromatic carbocycles. The molecule has 5 aliphatic rings. The van der Waals surface area contributed by atoms with Crippen LogP contribution in [-0.4, -0.2) is 66.5 Å². The van der Waals surface area contributed by atoms with Crippen LogP contribution in [0.3, 0.4) is 0 Å². The van der Waals surface area contributed by atoms with Crippen molar-refractivity contribution in [3.63, 3.8) is 0 Å². The zero-order valence-corrected chi connectivity index (χ0v) is 23.9. The molecule has 0 radical (unpaired) electrons. The maximum atomic E-state index is 16.7. The maximum Gasteiger partial charge on any atom is 0.215 e. The summed E-state index contributed by atoms with van der Waals surface area (Å²) in [7, 11) is 0. The molecule has 1 aromatic heterocycles. The summed E-state index contributed by atoms with van der Waals surface area (Å²) in [4.78, 5) is 9.51. The zero-order valence-electron chi connectivity index (χ0n) is 23.1. The Balaban J connectivity index is 1.23. The molecule has 4 aliphatic heterocycles. The van der Waals surface area contributed by atoms with E-state index in [2.05, 4.69) is 15.1 Å². The Morgan fingerprint density at radius 1 is 1.05 bits per heavy atom. The van der Waals surface area contributed by atoms with Gasteiger partial charge in [-0.1, -0.05) is 17.7 Å². The number of nitrogens with one attached hydrogen (secondary N) is 1. The minimum absolute atomic E-state index is 0.303. The highest BCUT2D eigenvalue weighted by atomic mass is 35.5. The monoisotopic (exact) mass is 579 g/mol. The SMILES string of the molecule is Nc1cc(Cl)c(C2CC2)c(-c2ccc3c(N4C[C@H]5CC[C@@H](C4)N5)nc(OC[C@@]45CCCN4C[C@H](F)C5)cc3c2F)c1. The first-order valence-electron chi connectivity index (χ1n) is 15.1. The van der Waals surface area contributed by atoms with Crippen molar-refractivity contribution in [1.29, 1.82) is 0 Å². The van der Waals surface area contributed by atoms with Gasteiger partial charge >= 0.3 is 0 Å². The van der Waals surface area contributed by atoms with Gasteiger partial charge in [0.05, 0.1) is 5.54 Å². The molecule has 1 saturated carbocycles. The molecular formula is C32H36ClF2N5O. The van der Waals surface area contributed by atoms with E-state index in [-0.39, 0.29) is 11.4 Å². The molecule has 3 N–H and O–H groups in total. The molecule has 0 unspecified atom stereocenters. The third kappa shape index (κ3) is 4.45. The predicted octanol–water partition coefficient (Wildman–Crippen LogP) is 6.05. The molecule has 0 spiro atoms. The Morgan fingerprint density at radius 3 is 2.63 bits per heavy atom. The van der Waals surface area contributed by atoms with Crippen LogP contribution in [0.2, 0.25) is 5.02 Å². The summed E-state index contributed by atoms with van der Waals surface area (Å²) in [5.74, 6) is 1.16. The van der Waals surface area contributed by atoms with Gasteiger partial charge in [-0.25, -0.2) is 8.78 Å². The summed E-state index contributed by atoms with van der Waals surface area (Å²) in [6.07, 6.45) is 5.96. The average molecular weight is 580 g/mol. The van der Waals surface area contributed by atoms with Crippen LogP contribution in [0.15, 0.2) is 30.3 Å². The van der Waals surface area contributed by atoms with Crippen molar-refractivity contribution < 1.29 is 13.5 Å². The van der Waals surface area contributed by atoms with E-state index in [1.165, 1.54) is 0 Å². The van der Waals surface area contributed by atoms with E-state index in [9.17, 15) is 4.39 Å². The predicted molar refractivity (Wildman–Crippen MR) is 159 cm³/mol. The van der Waals surface area contributed by atoms with Gasteiger partial charge in [-0.3, -0.25) is 4.90 Å². The third-order valence-electron chi connectivity index (χ3n) is 10.1. The first-order valence-corrected chi connectivity index (χ1v) is 15.5. The van der Waals surface area contributed by atoms with Gasteiger partial charge in [0.15, 0.2) is 0 Å². The number of alkyl halides is 1. The van der Waals surface area contributed by atoms with Crippen LogP contribution in [0.5, 0.6) is 5.88 Å². The molecule has 4 atom stereocenters. The first kappa shape index (κ1) is 26.0. The number of hydrogen-bond acceptors (Lipinski definition) is 6. The second kappa shape index (κ2) is 9.68. The maximum absolute atomic E-state index is 16.7. The topological polar surface area (TPSA) is 66.6 Å². The lowest BCUT2D eigenvalue weighted by Crippen LogP contribution is -2.51. The van der Waals surface area contributed by atoms with E-state index in [1.54, 1.807) is 12.1 Å². The van der Waals surface area contributed by atoms with Gasteiger partial charge in [0.25, 0.3) is 0 Å². The summed E-state index contributed by atoms with van der Waals surface area (Å²) in [5.41, 5.74) is 8.65. The number of nitrogens with two attached hydrogens (primary N) is 1. The number of halogens is 3. The van der Waals surface area contributed by atoms with E-state index < -0.39 is 6.17 Å². The Bertz CT molecular complexity index is 1520. The lowest BCUT2D eigenvalue weighted by atomic mass is 9.93. The fraction of sp³-hybridized carbons (Fsp3) is 0.531. The van der Waals surface area contributed by atoms with Gasteiger partial charge in [0.1, 0.15) is 24.4 Å². The molecular weight excluding hydrogens is 544 g/mol. The van der Waals surface area contributed by atoms with Crippen molar-refractivity contribution in [1.82, 2.24) is 15.2 Å². The molecule has 5 fully saturated rings. The van der Waals surface area contributed by atoms with Crippen molar-refractivity contribution in [2.45, 2.75) is 74.7 Å². The number of benzene rings is 2. The Kier molecular flexibility index (Phi) is 6.13. The molecule has 9 heteroatoms. The normalized spacial score (nSPS) is 29.4. The Hall–Kier alpha value is -2.68. The number of ether oxygens (including phenoxy) is 1. The molecule has 41 heavy (non-hydrogen) atoms. The molecule has 4 saturated heterocycles. The highest BCUT2D eigenvalue weighted by Crippen LogP contribution is 2.49. The summed E-state index contributed by atoms with van der Waals surface area (Å²) in [6, 6.07) is 9.99. The van der Waals surface area contributed by atoms with E-state index in [4.69, 9.17) is 27.1 Å². The Morgan fingerprint density at radius 2 is 1.85 bits per heavy atom. The molecule has 2 bridgehead atoms. The van der Waals surface area contributed by atoms with Crippen LogP contribution in [0.4, 0.5) is 20.3 Å². The number of rotatable bonds is 6. The van der Waals surface area contributed by atoms with Crippen LogP contribution >= 0.6 is 11.6 Å². The van der Waals surface area contributed by atoms with Crippen molar-refractivity contribution in [3.05, 3.63) is 46.7 Å². The van der Waals surface area contributed by atoms with E-state index in [1.807, 2.05) is 18.2 Å². The van der Waals surface area contributed by atoms with Crippen molar-refractivity contribution in [3.8, 4) is 17.0 Å². The first-order chi connectivity index (χ1) is 19.9. The van der Waals surface area contributed by atoms with E-state index in [0.717, 1.165) is 80.5 Å². The van der Waals surface area contributed by atoms with E-state index in [0.29, 0.717) is 65.1 Å².